The van der Waals surface area contributed by atoms with Gasteiger partial charge in [-0.25, -0.2) is 0 Å². The fourth-order valence-corrected chi connectivity index (χ4v) is 1.75. The van der Waals surface area contributed by atoms with Crippen molar-refractivity contribution < 1.29 is 22.7 Å². The summed E-state index contributed by atoms with van der Waals surface area (Å²) in [6, 6.07) is 0.0982. The highest BCUT2D eigenvalue weighted by atomic mass is 35.5. The topological polar surface area (TPSA) is 41.6 Å². The molecule has 0 aromatic heterocycles. The fourth-order valence-electron chi connectivity index (χ4n) is 1.75. The van der Waals surface area contributed by atoms with E-state index in [9.17, 15) is 18.0 Å². The SMILES string of the molecule is CC1NCCN(C(=O)COCC(F)(F)F)C1C.Cl. The second kappa shape index (κ2) is 7.16. The summed E-state index contributed by atoms with van der Waals surface area (Å²) in [4.78, 5) is 13.2. The number of amides is 1. The highest BCUT2D eigenvalue weighted by Gasteiger charge is 2.30. The Morgan fingerprint density at radius 3 is 2.61 bits per heavy atom. The summed E-state index contributed by atoms with van der Waals surface area (Å²) in [6.45, 7) is 3.04. The highest BCUT2D eigenvalue weighted by molar-refractivity contribution is 5.85. The molecule has 1 heterocycles. The molecule has 0 radical (unpaired) electrons. The maximum absolute atomic E-state index is 11.8. The van der Waals surface area contributed by atoms with E-state index in [0.29, 0.717) is 13.1 Å². The van der Waals surface area contributed by atoms with Gasteiger partial charge in [-0.2, -0.15) is 13.2 Å². The molecule has 1 rings (SSSR count). The van der Waals surface area contributed by atoms with Gasteiger partial charge in [0.25, 0.3) is 0 Å². The Hall–Kier alpha value is -0.530. The van der Waals surface area contributed by atoms with Gasteiger partial charge in [0, 0.05) is 25.2 Å². The van der Waals surface area contributed by atoms with Crippen molar-refractivity contribution in [2.75, 3.05) is 26.3 Å². The van der Waals surface area contributed by atoms with E-state index in [0.717, 1.165) is 0 Å². The Kier molecular flexibility index (Phi) is 6.94. The Labute approximate surface area is 110 Å². The van der Waals surface area contributed by atoms with Crippen LogP contribution in [0.5, 0.6) is 0 Å². The molecule has 1 amide bonds. The number of halogens is 4. The molecule has 2 unspecified atom stereocenters. The molecule has 1 fully saturated rings. The van der Waals surface area contributed by atoms with Crippen LogP contribution in [0.15, 0.2) is 0 Å². The molecule has 1 aliphatic rings. The van der Waals surface area contributed by atoms with E-state index in [1.165, 1.54) is 0 Å². The first kappa shape index (κ1) is 17.5. The fraction of sp³-hybridized carbons (Fsp3) is 0.900. The Morgan fingerprint density at radius 2 is 2.06 bits per heavy atom. The lowest BCUT2D eigenvalue weighted by Crippen LogP contribution is -2.57. The number of carbonyl (C=O) groups excluding carboxylic acids is 1. The molecule has 0 aromatic rings. The number of nitrogens with zero attached hydrogens (tertiary/aromatic N) is 1. The monoisotopic (exact) mass is 290 g/mol. The predicted octanol–water partition coefficient (Wildman–Crippen LogP) is 1.20. The highest BCUT2D eigenvalue weighted by Crippen LogP contribution is 2.15. The van der Waals surface area contributed by atoms with E-state index < -0.39 is 25.3 Å². The van der Waals surface area contributed by atoms with Crippen molar-refractivity contribution in [3.63, 3.8) is 0 Å². The first-order valence-corrected chi connectivity index (χ1v) is 5.48. The van der Waals surface area contributed by atoms with Crippen LogP contribution in [-0.4, -0.2) is 55.4 Å². The summed E-state index contributed by atoms with van der Waals surface area (Å²) in [5, 5.41) is 3.18. The molecular weight excluding hydrogens is 273 g/mol. The minimum absolute atomic E-state index is 0. The quantitative estimate of drug-likeness (QED) is 0.849. The normalized spacial score (nSPS) is 24.6. The minimum atomic E-state index is -4.39. The number of ether oxygens (including phenoxy) is 1. The number of hydrogen-bond acceptors (Lipinski definition) is 3. The number of alkyl halides is 3. The van der Waals surface area contributed by atoms with E-state index in [1.807, 2.05) is 13.8 Å². The summed E-state index contributed by atoms with van der Waals surface area (Å²) < 4.78 is 39.8. The average Bonchev–Trinajstić information content (AvgIpc) is 2.20. The van der Waals surface area contributed by atoms with Gasteiger partial charge in [-0.1, -0.05) is 0 Å². The van der Waals surface area contributed by atoms with Crippen molar-refractivity contribution in [1.29, 1.82) is 0 Å². The molecule has 8 heteroatoms. The van der Waals surface area contributed by atoms with Gasteiger partial charge in [-0.3, -0.25) is 4.79 Å². The molecule has 0 aliphatic carbocycles. The molecule has 1 saturated heterocycles. The molecule has 0 aromatic carbocycles. The van der Waals surface area contributed by atoms with Crippen LogP contribution in [0.3, 0.4) is 0 Å². The van der Waals surface area contributed by atoms with Gasteiger partial charge in [0.1, 0.15) is 13.2 Å². The second-order valence-electron chi connectivity index (χ2n) is 4.18. The Balaban J connectivity index is 0.00000289. The molecule has 0 bridgehead atoms. The van der Waals surface area contributed by atoms with Gasteiger partial charge in [0.05, 0.1) is 0 Å². The molecule has 1 aliphatic heterocycles. The molecule has 0 spiro atoms. The van der Waals surface area contributed by atoms with E-state index in [-0.39, 0.29) is 24.5 Å². The van der Waals surface area contributed by atoms with Gasteiger partial charge < -0.3 is 15.0 Å². The van der Waals surface area contributed by atoms with Crippen molar-refractivity contribution in [3.05, 3.63) is 0 Å². The van der Waals surface area contributed by atoms with Crippen molar-refractivity contribution in [1.82, 2.24) is 10.2 Å². The molecule has 1 N–H and O–H groups in total. The van der Waals surface area contributed by atoms with Crippen LogP contribution in [0.25, 0.3) is 0 Å². The standard InChI is InChI=1S/C10H17F3N2O2.ClH/c1-7-8(2)15(4-3-14-7)9(16)5-17-6-10(11,12)13;/h7-8,14H,3-6H2,1-2H3;1H. The van der Waals surface area contributed by atoms with Crippen molar-refractivity contribution in [2.45, 2.75) is 32.1 Å². The van der Waals surface area contributed by atoms with Crippen LogP contribution in [-0.2, 0) is 9.53 Å². The van der Waals surface area contributed by atoms with Gasteiger partial charge in [0.2, 0.25) is 5.91 Å². The summed E-state index contributed by atoms with van der Waals surface area (Å²) in [5.41, 5.74) is 0. The van der Waals surface area contributed by atoms with E-state index in [1.54, 1.807) is 4.90 Å². The largest absolute Gasteiger partial charge is 0.411 e. The van der Waals surface area contributed by atoms with Crippen LogP contribution in [0.1, 0.15) is 13.8 Å². The second-order valence-corrected chi connectivity index (χ2v) is 4.18. The first-order chi connectivity index (χ1) is 7.81. The molecule has 2 atom stereocenters. The van der Waals surface area contributed by atoms with Crippen LogP contribution < -0.4 is 5.32 Å². The lowest BCUT2D eigenvalue weighted by molar-refractivity contribution is -0.178. The van der Waals surface area contributed by atoms with E-state index in [4.69, 9.17) is 0 Å². The number of carbonyl (C=O) groups is 1. The van der Waals surface area contributed by atoms with Crippen LogP contribution in [0, 0.1) is 0 Å². The first-order valence-electron chi connectivity index (χ1n) is 5.48. The maximum Gasteiger partial charge on any atom is 0.411 e. The smallest absolute Gasteiger partial charge is 0.362 e. The predicted molar refractivity (Wildman–Crippen MR) is 62.8 cm³/mol. The van der Waals surface area contributed by atoms with Crippen LogP contribution in [0.4, 0.5) is 13.2 Å². The molecule has 4 nitrogen and oxygen atoms in total. The zero-order valence-electron chi connectivity index (χ0n) is 10.3. The zero-order valence-corrected chi connectivity index (χ0v) is 11.1. The third-order valence-corrected chi connectivity index (χ3v) is 2.85. The third-order valence-electron chi connectivity index (χ3n) is 2.85. The maximum atomic E-state index is 11.8. The van der Waals surface area contributed by atoms with Gasteiger partial charge in [-0.15, -0.1) is 12.4 Å². The minimum Gasteiger partial charge on any atom is -0.362 e. The Bertz CT molecular complexity index is 276. The molecule has 108 valence electrons. The van der Waals surface area contributed by atoms with E-state index >= 15 is 0 Å². The van der Waals surface area contributed by atoms with Crippen LogP contribution >= 0.6 is 12.4 Å². The lowest BCUT2D eigenvalue weighted by atomic mass is 10.1. The number of hydrogen-bond donors (Lipinski definition) is 1. The van der Waals surface area contributed by atoms with Crippen LogP contribution in [0.2, 0.25) is 0 Å². The number of nitrogens with one attached hydrogen (secondary N) is 1. The van der Waals surface area contributed by atoms with Crippen molar-refractivity contribution in [2.24, 2.45) is 0 Å². The van der Waals surface area contributed by atoms with Crippen molar-refractivity contribution in [3.8, 4) is 0 Å². The summed E-state index contributed by atoms with van der Waals surface area (Å²) in [5.74, 6) is -0.393. The average molecular weight is 291 g/mol. The number of rotatable bonds is 3. The summed E-state index contributed by atoms with van der Waals surface area (Å²) in [7, 11) is 0. The summed E-state index contributed by atoms with van der Waals surface area (Å²) >= 11 is 0. The molecule has 18 heavy (non-hydrogen) atoms. The lowest BCUT2D eigenvalue weighted by Gasteiger charge is -2.38. The summed E-state index contributed by atoms with van der Waals surface area (Å²) in [6.07, 6.45) is -4.39. The zero-order chi connectivity index (χ0) is 13.1. The van der Waals surface area contributed by atoms with E-state index in [2.05, 4.69) is 10.1 Å². The Morgan fingerprint density at radius 1 is 1.44 bits per heavy atom. The van der Waals surface area contributed by atoms with Gasteiger partial charge in [-0.05, 0) is 13.8 Å². The molecular formula is C10H18ClF3N2O2. The van der Waals surface area contributed by atoms with Gasteiger partial charge in [0.15, 0.2) is 0 Å². The number of piperazine rings is 1. The molecule has 0 saturated carbocycles. The third kappa shape index (κ3) is 5.41. The van der Waals surface area contributed by atoms with Gasteiger partial charge >= 0.3 is 6.18 Å². The van der Waals surface area contributed by atoms with Crippen molar-refractivity contribution >= 4 is 18.3 Å².